The topological polar surface area (TPSA) is 78.5 Å². The number of nitrogens with zero attached hydrogens (tertiary/aromatic N) is 1. The third-order valence-electron chi connectivity index (χ3n) is 5.69. The molecule has 1 saturated heterocycles. The zero-order chi connectivity index (χ0) is 21.7. The van der Waals surface area contributed by atoms with Crippen LogP contribution >= 0.6 is 0 Å². The van der Waals surface area contributed by atoms with E-state index in [1.165, 1.54) is 9.87 Å². The number of benzene rings is 2. The highest BCUT2D eigenvalue weighted by atomic mass is 32.2. The Balaban J connectivity index is 1.58. The van der Waals surface area contributed by atoms with E-state index in [0.29, 0.717) is 24.7 Å². The normalized spacial score (nSPS) is 16.8. The van der Waals surface area contributed by atoms with Crippen LogP contribution in [0.15, 0.2) is 53.4 Å². The van der Waals surface area contributed by atoms with E-state index in [0.717, 1.165) is 24.9 Å². The fourth-order valence-corrected chi connectivity index (χ4v) is 5.01. The molecule has 1 heterocycles. The van der Waals surface area contributed by atoms with Crippen LogP contribution in [0.3, 0.4) is 0 Å². The molecule has 2 N–H and O–H groups in total. The molecule has 0 unspecified atom stereocenters. The van der Waals surface area contributed by atoms with Crippen LogP contribution in [0.2, 0.25) is 0 Å². The van der Waals surface area contributed by atoms with Gasteiger partial charge in [0.15, 0.2) is 0 Å². The third kappa shape index (κ3) is 5.21. The van der Waals surface area contributed by atoms with Crippen molar-refractivity contribution in [2.24, 2.45) is 0 Å². The molecular weight excluding hydrogens is 398 g/mol. The molecule has 3 rings (SSSR count). The van der Waals surface area contributed by atoms with Crippen LogP contribution in [0, 0.1) is 0 Å². The minimum Gasteiger partial charge on any atom is -0.374 e. The molecule has 1 aliphatic heterocycles. The van der Waals surface area contributed by atoms with E-state index in [2.05, 4.69) is 36.6 Å². The molecule has 2 aromatic rings. The van der Waals surface area contributed by atoms with Crippen LogP contribution in [0.1, 0.15) is 51.5 Å². The summed E-state index contributed by atoms with van der Waals surface area (Å²) in [6.45, 7) is 7.30. The number of rotatable bonds is 8. The standard InChI is InChI=1S/C23H31N3O3S/c1-4-17(2)19-7-9-20(10-8-19)24-18(3)23(27)25-21-11-13-22(14-12-21)30(28,29)26-15-5-6-16-26/h7-14,17-18,24H,4-6,15-16H2,1-3H3,(H,25,27)/t17-,18+/m1/s1. The Labute approximate surface area is 179 Å². The first-order valence-electron chi connectivity index (χ1n) is 10.6. The molecule has 162 valence electrons. The number of carbonyl (C=O) groups is 1. The van der Waals surface area contributed by atoms with Crippen LogP contribution in [0.25, 0.3) is 0 Å². The number of hydrogen-bond acceptors (Lipinski definition) is 4. The Bertz CT molecular complexity index is 950. The van der Waals surface area contributed by atoms with Crippen molar-refractivity contribution in [3.05, 3.63) is 54.1 Å². The summed E-state index contributed by atoms with van der Waals surface area (Å²) in [4.78, 5) is 12.8. The number of sulfonamides is 1. The predicted octanol–water partition coefficient (Wildman–Crippen LogP) is 4.42. The summed E-state index contributed by atoms with van der Waals surface area (Å²) in [5, 5.41) is 6.04. The Morgan fingerprint density at radius 1 is 0.967 bits per heavy atom. The van der Waals surface area contributed by atoms with Crippen molar-refractivity contribution in [2.45, 2.75) is 56.9 Å². The second-order valence-electron chi connectivity index (χ2n) is 7.92. The van der Waals surface area contributed by atoms with Gasteiger partial charge < -0.3 is 10.6 Å². The van der Waals surface area contributed by atoms with E-state index in [1.54, 1.807) is 31.2 Å². The molecule has 0 bridgehead atoms. The Morgan fingerprint density at radius 2 is 1.53 bits per heavy atom. The van der Waals surface area contributed by atoms with Crippen molar-refractivity contribution in [1.29, 1.82) is 0 Å². The van der Waals surface area contributed by atoms with Crippen molar-refractivity contribution in [3.63, 3.8) is 0 Å². The van der Waals surface area contributed by atoms with Gasteiger partial charge in [0.25, 0.3) is 0 Å². The van der Waals surface area contributed by atoms with Crippen LogP contribution in [0.4, 0.5) is 11.4 Å². The quantitative estimate of drug-likeness (QED) is 0.651. The number of hydrogen-bond donors (Lipinski definition) is 2. The van der Waals surface area contributed by atoms with Gasteiger partial charge in [0.1, 0.15) is 6.04 Å². The highest BCUT2D eigenvalue weighted by Crippen LogP contribution is 2.23. The highest BCUT2D eigenvalue weighted by Gasteiger charge is 2.27. The summed E-state index contributed by atoms with van der Waals surface area (Å²) in [6.07, 6.45) is 2.89. The molecule has 30 heavy (non-hydrogen) atoms. The lowest BCUT2D eigenvalue weighted by Gasteiger charge is -2.17. The molecule has 6 nitrogen and oxygen atoms in total. The van der Waals surface area contributed by atoms with E-state index in [1.807, 2.05) is 12.1 Å². The summed E-state index contributed by atoms with van der Waals surface area (Å²) >= 11 is 0. The molecule has 0 radical (unpaired) electrons. The summed E-state index contributed by atoms with van der Waals surface area (Å²) in [5.74, 6) is 0.327. The molecular formula is C23H31N3O3S. The molecule has 0 spiro atoms. The Hall–Kier alpha value is -2.38. The fourth-order valence-electron chi connectivity index (χ4n) is 3.50. The van der Waals surface area contributed by atoms with E-state index < -0.39 is 16.1 Å². The predicted molar refractivity (Wildman–Crippen MR) is 121 cm³/mol. The SMILES string of the molecule is CC[C@@H](C)c1ccc(N[C@@H](C)C(=O)Nc2ccc(S(=O)(=O)N3CCCC3)cc2)cc1. The first-order chi connectivity index (χ1) is 14.3. The van der Waals surface area contributed by atoms with Crippen molar-refractivity contribution >= 4 is 27.3 Å². The van der Waals surface area contributed by atoms with Crippen LogP contribution in [-0.2, 0) is 14.8 Å². The number of anilines is 2. The Kier molecular flexibility index (Phi) is 7.15. The van der Waals surface area contributed by atoms with E-state index in [4.69, 9.17) is 0 Å². The minimum absolute atomic E-state index is 0.184. The van der Waals surface area contributed by atoms with Crippen LogP contribution in [-0.4, -0.2) is 37.8 Å². The zero-order valence-electron chi connectivity index (χ0n) is 17.9. The van der Waals surface area contributed by atoms with Crippen molar-refractivity contribution in [2.75, 3.05) is 23.7 Å². The average molecular weight is 430 g/mol. The Morgan fingerprint density at radius 3 is 2.10 bits per heavy atom. The summed E-state index contributed by atoms with van der Waals surface area (Å²) in [6, 6.07) is 14.1. The summed E-state index contributed by atoms with van der Waals surface area (Å²) in [5.41, 5.74) is 2.74. The number of carbonyl (C=O) groups excluding carboxylic acids is 1. The second kappa shape index (κ2) is 9.62. The maximum absolute atomic E-state index is 12.6. The summed E-state index contributed by atoms with van der Waals surface area (Å²) in [7, 11) is -3.44. The number of amides is 1. The van der Waals surface area contributed by atoms with Crippen LogP contribution < -0.4 is 10.6 Å². The van der Waals surface area contributed by atoms with Gasteiger partial charge in [-0.1, -0.05) is 26.0 Å². The van der Waals surface area contributed by atoms with Crippen LogP contribution in [0.5, 0.6) is 0 Å². The molecule has 2 aromatic carbocycles. The van der Waals surface area contributed by atoms with E-state index in [-0.39, 0.29) is 10.8 Å². The second-order valence-corrected chi connectivity index (χ2v) is 9.86. The third-order valence-corrected chi connectivity index (χ3v) is 7.61. The first kappa shape index (κ1) is 22.3. The molecule has 1 amide bonds. The van der Waals surface area contributed by atoms with Gasteiger partial charge in [-0.15, -0.1) is 0 Å². The maximum Gasteiger partial charge on any atom is 0.246 e. The van der Waals surface area contributed by atoms with Gasteiger partial charge in [-0.25, -0.2) is 8.42 Å². The molecule has 7 heteroatoms. The lowest BCUT2D eigenvalue weighted by Crippen LogP contribution is -2.32. The molecule has 0 aromatic heterocycles. The van der Waals surface area contributed by atoms with E-state index >= 15 is 0 Å². The van der Waals surface area contributed by atoms with Crippen molar-refractivity contribution < 1.29 is 13.2 Å². The fraction of sp³-hybridized carbons (Fsp3) is 0.435. The lowest BCUT2D eigenvalue weighted by atomic mass is 9.98. The highest BCUT2D eigenvalue weighted by molar-refractivity contribution is 7.89. The van der Waals surface area contributed by atoms with Gasteiger partial charge >= 0.3 is 0 Å². The summed E-state index contributed by atoms with van der Waals surface area (Å²) < 4.78 is 26.7. The molecule has 0 saturated carbocycles. The van der Waals surface area contributed by atoms with Gasteiger partial charge in [-0.2, -0.15) is 4.31 Å². The molecule has 1 fully saturated rings. The monoisotopic (exact) mass is 429 g/mol. The van der Waals surface area contributed by atoms with Gasteiger partial charge in [0.2, 0.25) is 15.9 Å². The smallest absolute Gasteiger partial charge is 0.246 e. The zero-order valence-corrected chi connectivity index (χ0v) is 18.7. The van der Waals surface area contributed by atoms with Gasteiger partial charge in [0.05, 0.1) is 4.90 Å². The lowest BCUT2D eigenvalue weighted by molar-refractivity contribution is -0.116. The maximum atomic E-state index is 12.6. The number of nitrogens with one attached hydrogen (secondary N) is 2. The molecule has 0 aliphatic carbocycles. The first-order valence-corrected chi connectivity index (χ1v) is 12.0. The van der Waals surface area contributed by atoms with Gasteiger partial charge in [0, 0.05) is 24.5 Å². The van der Waals surface area contributed by atoms with Gasteiger partial charge in [-0.05, 0) is 74.1 Å². The van der Waals surface area contributed by atoms with E-state index in [9.17, 15) is 13.2 Å². The minimum atomic E-state index is -3.44. The van der Waals surface area contributed by atoms with Gasteiger partial charge in [-0.3, -0.25) is 4.79 Å². The molecule has 2 atom stereocenters. The van der Waals surface area contributed by atoms with Crippen molar-refractivity contribution in [3.8, 4) is 0 Å². The van der Waals surface area contributed by atoms with Crippen molar-refractivity contribution in [1.82, 2.24) is 4.31 Å². The largest absolute Gasteiger partial charge is 0.374 e. The average Bonchev–Trinajstić information content (AvgIpc) is 3.30. The molecule has 1 aliphatic rings.